The van der Waals surface area contributed by atoms with E-state index in [1.165, 1.54) is 36.7 Å². The van der Waals surface area contributed by atoms with Crippen LogP contribution in [0, 0.1) is 6.92 Å². The smallest absolute Gasteiger partial charge is 0.255 e. The van der Waals surface area contributed by atoms with E-state index >= 15 is 0 Å². The lowest BCUT2D eigenvalue weighted by atomic mass is 10.1. The van der Waals surface area contributed by atoms with Gasteiger partial charge in [-0.15, -0.1) is 0 Å². The Morgan fingerprint density at radius 1 is 1.19 bits per heavy atom. The van der Waals surface area contributed by atoms with E-state index < -0.39 is 10.0 Å². The van der Waals surface area contributed by atoms with Gasteiger partial charge in [0, 0.05) is 20.1 Å². The molecule has 0 atom stereocenters. The number of hydrogen-bond acceptors (Lipinski definition) is 4. The summed E-state index contributed by atoms with van der Waals surface area (Å²) in [6.07, 6.45) is 0. The van der Waals surface area contributed by atoms with Crippen LogP contribution in [-0.4, -0.2) is 39.3 Å². The largest absolute Gasteiger partial charge is 0.496 e. The third kappa shape index (κ3) is 4.42. The van der Waals surface area contributed by atoms with Crippen LogP contribution in [0.4, 0.5) is 0 Å². The Morgan fingerprint density at radius 2 is 1.92 bits per heavy atom. The van der Waals surface area contributed by atoms with Crippen LogP contribution in [0.15, 0.2) is 47.4 Å². The summed E-state index contributed by atoms with van der Waals surface area (Å²) in [4.78, 5) is 12.3. The fraction of sp³-hybridized carbons (Fsp3) is 0.316. The van der Waals surface area contributed by atoms with Gasteiger partial charge in [-0.3, -0.25) is 4.79 Å². The Labute approximate surface area is 154 Å². The highest BCUT2D eigenvalue weighted by Crippen LogP contribution is 2.25. The van der Waals surface area contributed by atoms with Crippen LogP contribution in [-0.2, 0) is 16.6 Å². The number of nitrogens with one attached hydrogen (secondary N) is 1. The molecule has 6 nitrogen and oxygen atoms in total. The molecule has 1 amide bonds. The highest BCUT2D eigenvalue weighted by molar-refractivity contribution is 7.89. The first-order valence-electron chi connectivity index (χ1n) is 8.27. The van der Waals surface area contributed by atoms with Crippen molar-refractivity contribution in [1.29, 1.82) is 0 Å². The summed E-state index contributed by atoms with van der Waals surface area (Å²) in [5.74, 6) is -0.0426. The molecule has 0 unspecified atom stereocenters. The van der Waals surface area contributed by atoms with Crippen molar-refractivity contribution in [3.63, 3.8) is 0 Å². The maximum atomic E-state index is 12.9. The fourth-order valence-electron chi connectivity index (χ4n) is 2.61. The van der Waals surface area contributed by atoms with Crippen molar-refractivity contribution in [2.45, 2.75) is 25.3 Å². The summed E-state index contributed by atoms with van der Waals surface area (Å²) in [5.41, 5.74) is 2.16. The van der Waals surface area contributed by atoms with Crippen LogP contribution in [0.1, 0.15) is 28.4 Å². The molecule has 0 aliphatic rings. The van der Waals surface area contributed by atoms with Gasteiger partial charge in [-0.25, -0.2) is 8.42 Å². The van der Waals surface area contributed by atoms with E-state index in [1.54, 1.807) is 6.92 Å². The zero-order valence-corrected chi connectivity index (χ0v) is 16.3. The normalized spacial score (nSPS) is 11.4. The summed E-state index contributed by atoms with van der Waals surface area (Å²) in [5, 5.41) is 2.66. The summed E-state index contributed by atoms with van der Waals surface area (Å²) >= 11 is 0. The third-order valence-corrected chi connectivity index (χ3v) is 5.75. The van der Waals surface area contributed by atoms with Crippen molar-refractivity contribution in [2.75, 3.05) is 20.7 Å². The minimum atomic E-state index is -3.75. The number of carbonyl (C=O) groups excluding carboxylic acids is 1. The van der Waals surface area contributed by atoms with Gasteiger partial charge >= 0.3 is 0 Å². The molecule has 2 rings (SSSR count). The first-order chi connectivity index (χ1) is 12.3. The first kappa shape index (κ1) is 19.9. The van der Waals surface area contributed by atoms with Crippen molar-refractivity contribution >= 4 is 15.9 Å². The monoisotopic (exact) mass is 376 g/mol. The van der Waals surface area contributed by atoms with Crippen LogP contribution < -0.4 is 10.1 Å². The number of hydrogen-bond donors (Lipinski definition) is 1. The Bertz CT molecular complexity index is 894. The predicted molar refractivity (Wildman–Crippen MR) is 101 cm³/mol. The molecule has 7 heteroatoms. The maximum Gasteiger partial charge on any atom is 0.255 e. The Kier molecular flexibility index (Phi) is 6.39. The lowest BCUT2D eigenvalue weighted by molar-refractivity contribution is 0.0952. The van der Waals surface area contributed by atoms with Gasteiger partial charge in [-0.05, 0) is 37.6 Å². The average Bonchev–Trinajstić information content (AvgIpc) is 2.61. The van der Waals surface area contributed by atoms with E-state index in [4.69, 9.17) is 4.74 Å². The molecule has 0 fully saturated rings. The Hall–Kier alpha value is -2.38. The van der Waals surface area contributed by atoms with Crippen LogP contribution >= 0.6 is 0 Å². The molecule has 0 heterocycles. The quantitative estimate of drug-likeness (QED) is 0.806. The summed E-state index contributed by atoms with van der Waals surface area (Å²) in [6.45, 7) is 4.43. The van der Waals surface area contributed by atoms with Crippen LogP contribution in [0.5, 0.6) is 5.75 Å². The van der Waals surface area contributed by atoms with E-state index in [0.717, 1.165) is 11.1 Å². The third-order valence-electron chi connectivity index (χ3n) is 3.95. The van der Waals surface area contributed by atoms with Gasteiger partial charge < -0.3 is 10.1 Å². The van der Waals surface area contributed by atoms with Crippen molar-refractivity contribution in [3.8, 4) is 5.75 Å². The molecule has 0 aliphatic carbocycles. The van der Waals surface area contributed by atoms with E-state index in [0.29, 0.717) is 12.3 Å². The maximum absolute atomic E-state index is 12.9. The number of methoxy groups -OCH3 is 1. The standard InChI is InChI=1S/C19H24N2O4S/c1-5-20-19(22)17-12-16(9-10-18(17)25-4)26(23,24)21(3)13-15-8-6-7-14(2)11-15/h6-12H,5,13H2,1-4H3,(H,20,22). The number of sulfonamides is 1. The lowest BCUT2D eigenvalue weighted by Gasteiger charge is -2.19. The molecule has 26 heavy (non-hydrogen) atoms. The van der Waals surface area contributed by atoms with Crippen molar-refractivity contribution in [2.24, 2.45) is 0 Å². The minimum Gasteiger partial charge on any atom is -0.496 e. The Morgan fingerprint density at radius 3 is 2.54 bits per heavy atom. The molecule has 2 aromatic rings. The average molecular weight is 376 g/mol. The number of ether oxygens (including phenoxy) is 1. The van der Waals surface area contributed by atoms with Gasteiger partial charge in [0.25, 0.3) is 5.91 Å². The molecule has 0 saturated carbocycles. The molecule has 1 N–H and O–H groups in total. The highest BCUT2D eigenvalue weighted by atomic mass is 32.2. The molecule has 0 bridgehead atoms. The number of amides is 1. The molecule has 0 saturated heterocycles. The zero-order valence-electron chi connectivity index (χ0n) is 15.4. The highest BCUT2D eigenvalue weighted by Gasteiger charge is 2.24. The van der Waals surface area contributed by atoms with E-state index in [2.05, 4.69) is 5.32 Å². The lowest BCUT2D eigenvalue weighted by Crippen LogP contribution is -2.27. The molecular formula is C19H24N2O4S. The summed E-state index contributed by atoms with van der Waals surface area (Å²) in [6, 6.07) is 12.0. The van der Waals surface area contributed by atoms with Gasteiger partial charge in [0.15, 0.2) is 0 Å². The minimum absolute atomic E-state index is 0.0507. The van der Waals surface area contributed by atoms with Gasteiger partial charge in [0.2, 0.25) is 10.0 Å². The molecule has 0 aromatic heterocycles. The van der Waals surface area contributed by atoms with Crippen molar-refractivity contribution in [3.05, 3.63) is 59.2 Å². The van der Waals surface area contributed by atoms with Crippen molar-refractivity contribution in [1.82, 2.24) is 9.62 Å². The van der Waals surface area contributed by atoms with E-state index in [-0.39, 0.29) is 22.9 Å². The SMILES string of the molecule is CCNC(=O)c1cc(S(=O)(=O)N(C)Cc2cccc(C)c2)ccc1OC. The second-order valence-electron chi connectivity index (χ2n) is 5.97. The number of benzene rings is 2. The molecular weight excluding hydrogens is 352 g/mol. The van der Waals surface area contributed by atoms with Gasteiger partial charge in [-0.1, -0.05) is 29.8 Å². The van der Waals surface area contributed by atoms with E-state index in [9.17, 15) is 13.2 Å². The van der Waals surface area contributed by atoms with Gasteiger partial charge in [-0.2, -0.15) is 4.31 Å². The van der Waals surface area contributed by atoms with E-state index in [1.807, 2.05) is 31.2 Å². The first-order valence-corrected chi connectivity index (χ1v) is 9.71. The van der Waals surface area contributed by atoms with Crippen LogP contribution in [0.25, 0.3) is 0 Å². The topological polar surface area (TPSA) is 75.7 Å². The number of nitrogens with zero attached hydrogens (tertiary/aromatic N) is 1. The van der Waals surface area contributed by atoms with Gasteiger partial charge in [0.1, 0.15) is 5.75 Å². The summed E-state index contributed by atoms with van der Waals surface area (Å²) in [7, 11) is -0.786. The fourth-order valence-corrected chi connectivity index (χ4v) is 3.80. The van der Waals surface area contributed by atoms with Crippen molar-refractivity contribution < 1.29 is 17.9 Å². The molecule has 0 radical (unpaired) electrons. The molecule has 0 spiro atoms. The number of aryl methyl sites for hydroxylation is 1. The van der Waals surface area contributed by atoms with Gasteiger partial charge in [0.05, 0.1) is 17.6 Å². The number of rotatable bonds is 7. The molecule has 140 valence electrons. The number of carbonyl (C=O) groups is 1. The molecule has 0 aliphatic heterocycles. The Balaban J connectivity index is 2.35. The second-order valence-corrected chi connectivity index (χ2v) is 8.02. The second kappa shape index (κ2) is 8.33. The summed E-state index contributed by atoms with van der Waals surface area (Å²) < 4.78 is 32.3. The predicted octanol–water partition coefficient (Wildman–Crippen LogP) is 2.57. The zero-order chi connectivity index (χ0) is 19.3. The molecule has 2 aromatic carbocycles. The van der Waals surface area contributed by atoms with Crippen LogP contribution in [0.2, 0.25) is 0 Å². The van der Waals surface area contributed by atoms with Crippen LogP contribution in [0.3, 0.4) is 0 Å².